The topological polar surface area (TPSA) is 43.1 Å². The van der Waals surface area contributed by atoms with Crippen molar-refractivity contribution in [2.24, 2.45) is 5.41 Å². The summed E-state index contributed by atoms with van der Waals surface area (Å²) in [4.78, 5) is 11.5. The molecule has 2 rings (SSSR count). The lowest BCUT2D eigenvalue weighted by atomic mass is 9.77. The number of thioether (sulfide) groups is 1. The van der Waals surface area contributed by atoms with Gasteiger partial charge in [0.05, 0.1) is 9.82 Å². The Hall–Kier alpha value is -0.550. The SMILES string of the molecule is O=[N+]([O-])c1ccccc1SCC1(CBr)CCCCC1. The highest BCUT2D eigenvalue weighted by atomic mass is 79.9. The molecule has 1 aromatic rings. The van der Waals surface area contributed by atoms with Crippen molar-refractivity contribution >= 4 is 33.4 Å². The van der Waals surface area contributed by atoms with Crippen LogP contribution in [0.4, 0.5) is 5.69 Å². The van der Waals surface area contributed by atoms with Gasteiger partial charge in [-0.15, -0.1) is 11.8 Å². The molecular weight excluding hydrogens is 326 g/mol. The first-order valence-electron chi connectivity index (χ1n) is 6.59. The van der Waals surface area contributed by atoms with Crippen LogP contribution in [-0.4, -0.2) is 16.0 Å². The maximum absolute atomic E-state index is 11.0. The van der Waals surface area contributed by atoms with E-state index in [1.807, 2.05) is 12.1 Å². The first-order valence-corrected chi connectivity index (χ1v) is 8.70. The molecule has 0 N–H and O–H groups in total. The predicted molar refractivity (Wildman–Crippen MR) is 83.1 cm³/mol. The Kier molecular flexibility index (Phi) is 5.28. The zero-order valence-electron chi connectivity index (χ0n) is 10.8. The number of halogens is 1. The Morgan fingerprint density at radius 1 is 1.26 bits per heavy atom. The van der Waals surface area contributed by atoms with Gasteiger partial charge in [-0.2, -0.15) is 0 Å². The van der Waals surface area contributed by atoms with E-state index in [-0.39, 0.29) is 10.6 Å². The summed E-state index contributed by atoms with van der Waals surface area (Å²) in [6, 6.07) is 7.04. The second-order valence-electron chi connectivity index (χ2n) is 5.21. The highest BCUT2D eigenvalue weighted by Gasteiger charge is 2.31. The number of para-hydroxylation sites is 1. The fourth-order valence-corrected chi connectivity index (χ4v) is 4.92. The molecule has 0 amide bonds. The van der Waals surface area contributed by atoms with E-state index in [4.69, 9.17) is 0 Å². The van der Waals surface area contributed by atoms with Crippen LogP contribution >= 0.6 is 27.7 Å². The van der Waals surface area contributed by atoms with Crippen molar-refractivity contribution in [3.63, 3.8) is 0 Å². The van der Waals surface area contributed by atoms with E-state index in [2.05, 4.69) is 15.9 Å². The minimum atomic E-state index is -0.288. The van der Waals surface area contributed by atoms with Crippen molar-refractivity contribution in [2.45, 2.75) is 37.0 Å². The van der Waals surface area contributed by atoms with Crippen LogP contribution in [0.3, 0.4) is 0 Å². The molecule has 1 aromatic carbocycles. The number of hydrogen-bond donors (Lipinski definition) is 0. The number of nitrogens with zero attached hydrogens (tertiary/aromatic N) is 1. The molecule has 3 nitrogen and oxygen atoms in total. The van der Waals surface area contributed by atoms with Gasteiger partial charge in [-0.1, -0.05) is 47.3 Å². The normalized spacial score (nSPS) is 18.2. The third kappa shape index (κ3) is 3.72. The van der Waals surface area contributed by atoms with Crippen molar-refractivity contribution in [1.29, 1.82) is 0 Å². The van der Waals surface area contributed by atoms with Crippen LogP contribution in [-0.2, 0) is 0 Å². The lowest BCUT2D eigenvalue weighted by molar-refractivity contribution is -0.387. The van der Waals surface area contributed by atoms with E-state index >= 15 is 0 Å². The van der Waals surface area contributed by atoms with Crippen LogP contribution in [0.5, 0.6) is 0 Å². The molecule has 19 heavy (non-hydrogen) atoms. The fourth-order valence-electron chi connectivity index (χ4n) is 2.58. The number of nitro groups is 1. The van der Waals surface area contributed by atoms with Crippen LogP contribution in [0.2, 0.25) is 0 Å². The number of alkyl halides is 1. The molecule has 5 heteroatoms. The van der Waals surface area contributed by atoms with Crippen LogP contribution in [0.1, 0.15) is 32.1 Å². The first kappa shape index (κ1) is 14.9. The smallest absolute Gasteiger partial charge is 0.258 e. The Bertz CT molecular complexity index is 447. The molecular formula is C14H18BrNO2S. The fraction of sp³-hybridized carbons (Fsp3) is 0.571. The highest BCUT2D eigenvalue weighted by Crippen LogP contribution is 2.43. The average Bonchev–Trinajstić information content (AvgIpc) is 2.46. The van der Waals surface area contributed by atoms with Crippen LogP contribution in [0.25, 0.3) is 0 Å². The van der Waals surface area contributed by atoms with Gasteiger partial charge in [-0.05, 0) is 24.3 Å². The van der Waals surface area contributed by atoms with Crippen LogP contribution in [0, 0.1) is 15.5 Å². The molecule has 0 aliphatic heterocycles. The average molecular weight is 344 g/mol. The maximum atomic E-state index is 11.0. The van der Waals surface area contributed by atoms with Crippen molar-refractivity contribution in [3.8, 4) is 0 Å². The van der Waals surface area contributed by atoms with E-state index in [0.29, 0.717) is 5.41 Å². The summed E-state index contributed by atoms with van der Waals surface area (Å²) in [7, 11) is 0. The highest BCUT2D eigenvalue weighted by molar-refractivity contribution is 9.09. The molecule has 104 valence electrons. The van der Waals surface area contributed by atoms with Gasteiger partial charge in [0.25, 0.3) is 5.69 Å². The maximum Gasteiger partial charge on any atom is 0.282 e. The quantitative estimate of drug-likeness (QED) is 0.326. The zero-order chi connectivity index (χ0) is 13.7. The molecule has 1 saturated carbocycles. The first-order chi connectivity index (χ1) is 9.17. The van der Waals surface area contributed by atoms with Gasteiger partial charge in [-0.3, -0.25) is 10.1 Å². The van der Waals surface area contributed by atoms with Gasteiger partial charge in [0, 0.05) is 17.1 Å². The van der Waals surface area contributed by atoms with Gasteiger partial charge >= 0.3 is 0 Å². The number of rotatable bonds is 5. The third-order valence-electron chi connectivity index (χ3n) is 3.79. The predicted octanol–water partition coefficient (Wildman–Crippen LogP) is 5.03. The summed E-state index contributed by atoms with van der Waals surface area (Å²) >= 11 is 5.28. The second kappa shape index (κ2) is 6.75. The van der Waals surface area contributed by atoms with Crippen molar-refractivity contribution in [2.75, 3.05) is 11.1 Å². The molecule has 0 spiro atoms. The molecule has 0 heterocycles. The van der Waals surface area contributed by atoms with E-state index < -0.39 is 0 Å². The minimum absolute atomic E-state index is 0.230. The van der Waals surface area contributed by atoms with Crippen LogP contribution < -0.4 is 0 Å². The molecule has 1 aliphatic carbocycles. The molecule has 0 atom stereocenters. The zero-order valence-corrected chi connectivity index (χ0v) is 13.2. The lowest BCUT2D eigenvalue weighted by Crippen LogP contribution is -2.28. The van der Waals surface area contributed by atoms with E-state index in [0.717, 1.165) is 16.0 Å². The van der Waals surface area contributed by atoms with E-state index in [1.165, 1.54) is 32.1 Å². The summed E-state index contributed by atoms with van der Waals surface area (Å²) in [5.74, 6) is 0.961. The molecule has 1 aliphatic rings. The summed E-state index contributed by atoms with van der Waals surface area (Å²) in [5.41, 5.74) is 0.542. The molecule has 0 unspecified atom stereocenters. The Morgan fingerprint density at radius 3 is 2.58 bits per heavy atom. The lowest BCUT2D eigenvalue weighted by Gasteiger charge is -2.35. The van der Waals surface area contributed by atoms with E-state index in [9.17, 15) is 10.1 Å². The molecule has 0 aromatic heterocycles. The van der Waals surface area contributed by atoms with E-state index in [1.54, 1.807) is 23.9 Å². The summed E-state index contributed by atoms with van der Waals surface area (Å²) < 4.78 is 0. The summed E-state index contributed by atoms with van der Waals surface area (Å²) in [6.45, 7) is 0. The number of hydrogen-bond acceptors (Lipinski definition) is 3. The number of nitro benzene ring substituents is 1. The molecule has 0 bridgehead atoms. The Balaban J connectivity index is 2.07. The number of benzene rings is 1. The Labute approximate surface area is 126 Å². The van der Waals surface area contributed by atoms with Gasteiger partial charge in [-0.25, -0.2) is 0 Å². The van der Waals surface area contributed by atoms with Crippen LogP contribution in [0.15, 0.2) is 29.2 Å². The van der Waals surface area contributed by atoms with Crippen molar-refractivity contribution in [1.82, 2.24) is 0 Å². The molecule has 0 saturated heterocycles. The largest absolute Gasteiger partial charge is 0.282 e. The second-order valence-corrected chi connectivity index (χ2v) is 6.79. The van der Waals surface area contributed by atoms with Gasteiger partial charge in [0.15, 0.2) is 0 Å². The van der Waals surface area contributed by atoms with Crippen molar-refractivity contribution < 1.29 is 4.92 Å². The molecule has 0 radical (unpaired) electrons. The standard InChI is InChI=1S/C14H18BrNO2S/c15-10-14(8-4-1-5-9-14)11-19-13-7-3-2-6-12(13)16(17)18/h2-3,6-7H,1,4-5,8-11H2. The minimum Gasteiger partial charge on any atom is -0.258 e. The summed E-state index contributed by atoms with van der Waals surface area (Å²) in [5, 5.41) is 12.0. The monoisotopic (exact) mass is 343 g/mol. The van der Waals surface area contributed by atoms with Gasteiger partial charge in [0.1, 0.15) is 0 Å². The third-order valence-corrected chi connectivity index (χ3v) is 6.40. The summed E-state index contributed by atoms with van der Waals surface area (Å²) in [6.07, 6.45) is 6.34. The van der Waals surface area contributed by atoms with Gasteiger partial charge < -0.3 is 0 Å². The Morgan fingerprint density at radius 2 is 1.95 bits per heavy atom. The molecule has 1 fully saturated rings. The van der Waals surface area contributed by atoms with Crippen molar-refractivity contribution in [3.05, 3.63) is 34.4 Å². The van der Waals surface area contributed by atoms with Gasteiger partial charge in [0.2, 0.25) is 0 Å².